The van der Waals surface area contributed by atoms with Gasteiger partial charge in [-0.2, -0.15) is 29.8 Å². The van der Waals surface area contributed by atoms with Crippen molar-refractivity contribution in [1.82, 2.24) is 5.06 Å². The fraction of sp³-hybridized carbons (Fsp3) is 0.436. The molecular weight excluding hydrogens is 847 g/mol. The number of hydrogen-bond donors (Lipinski definition) is 3. The van der Waals surface area contributed by atoms with Crippen molar-refractivity contribution in [2.75, 3.05) is 23.0 Å². The molecule has 1 fully saturated rings. The highest BCUT2D eigenvalue weighted by atomic mass is 32.2. The van der Waals surface area contributed by atoms with Crippen LogP contribution in [-0.2, 0) is 61.5 Å². The zero-order valence-corrected chi connectivity index (χ0v) is 35.2. The van der Waals surface area contributed by atoms with Gasteiger partial charge in [0.05, 0.1) is 16.4 Å². The van der Waals surface area contributed by atoms with E-state index in [1.54, 1.807) is 18.2 Å². The third-order valence-corrected chi connectivity index (χ3v) is 13.5. The Kier molecular flexibility index (Phi) is 15.6. The summed E-state index contributed by atoms with van der Waals surface area (Å²) >= 11 is 1.51. The first-order chi connectivity index (χ1) is 27.2. The molecular formula is C39H50N3O13S4+. The molecule has 0 radical (unpaired) electrons. The summed E-state index contributed by atoms with van der Waals surface area (Å²) in [5.41, 5.74) is 2.89. The second kappa shape index (κ2) is 19.4. The number of aryl methyl sites for hydroxylation is 2. The van der Waals surface area contributed by atoms with Gasteiger partial charge in [-0.15, -0.1) is 5.06 Å². The van der Waals surface area contributed by atoms with E-state index in [1.807, 2.05) is 53.7 Å². The molecule has 3 aromatic rings. The lowest BCUT2D eigenvalue weighted by Gasteiger charge is -2.30. The molecule has 3 N–H and O–H groups in total. The second-order valence-electron chi connectivity index (χ2n) is 14.4. The Hall–Kier alpha value is -4.31. The number of hydrogen-bond acceptors (Lipinski definition) is 12. The van der Waals surface area contributed by atoms with Crippen molar-refractivity contribution in [1.29, 1.82) is 0 Å². The smallest absolute Gasteiger partial charge is 0.333 e. The summed E-state index contributed by atoms with van der Waals surface area (Å²) in [6, 6.07) is 10.1. The molecule has 2 aliphatic heterocycles. The number of amides is 2. The number of benzene rings is 2. The van der Waals surface area contributed by atoms with E-state index in [-0.39, 0.29) is 56.7 Å². The van der Waals surface area contributed by atoms with E-state index in [1.165, 1.54) is 29.5 Å². The van der Waals surface area contributed by atoms with E-state index < -0.39 is 59.3 Å². The molecule has 1 aromatic heterocycles. The van der Waals surface area contributed by atoms with Crippen molar-refractivity contribution < 1.29 is 62.7 Å². The molecule has 16 nitrogen and oxygen atoms in total. The number of carbonyl (C=O) groups is 3. The second-order valence-corrected chi connectivity index (χ2v) is 20.0. The van der Waals surface area contributed by atoms with Gasteiger partial charge >= 0.3 is 5.97 Å². The van der Waals surface area contributed by atoms with E-state index >= 15 is 0 Å². The maximum Gasteiger partial charge on any atom is 0.333 e. The molecule has 1 saturated heterocycles. The van der Waals surface area contributed by atoms with Crippen LogP contribution in [0.1, 0.15) is 88.3 Å². The first kappa shape index (κ1) is 47.4. The number of fused-ring (bicyclic) bond motifs is 2. The number of aromatic nitrogens is 1. The van der Waals surface area contributed by atoms with E-state index in [0.717, 1.165) is 20.8 Å². The Morgan fingerprint density at radius 3 is 2.22 bits per heavy atom. The molecule has 2 amide bonds. The molecule has 1 atom stereocenters. The topological polar surface area (TPSA) is 234 Å². The fourth-order valence-corrected chi connectivity index (χ4v) is 9.85. The standard InChI is InChI=1S/C38H45N3O13S4.CH4/c1-27-14-16-31-32(25-27)55-36(40(31)22-10-24-57(48,49)50)12-6-3-5-11-33-38(2,20-8-4-7-13-37(44)54-41-34(42)18-19-35(41)43)29-26-28(58(51,52)53)15-17-30(29)39(33)21-9-23-56(45,46)47;/h3,5-6,11-12,14-17,25-26H,4,7-10,13,18-24H2,1-2H3,(H2-,45,46,47,48,49,50,51,52,53);1H4/p+1. The molecule has 0 aliphatic carbocycles. The average Bonchev–Trinajstić information content (AvgIpc) is 3.70. The predicted molar refractivity (Wildman–Crippen MR) is 223 cm³/mol. The van der Waals surface area contributed by atoms with Crippen molar-refractivity contribution in [3.05, 3.63) is 82.5 Å². The lowest BCUT2D eigenvalue weighted by atomic mass is 9.77. The maximum atomic E-state index is 12.4. The maximum absolute atomic E-state index is 12.4. The number of anilines is 1. The fourth-order valence-electron chi connectivity index (χ4n) is 7.15. The Labute approximate surface area is 349 Å². The summed E-state index contributed by atoms with van der Waals surface area (Å²) in [6.07, 6.45) is 11.0. The van der Waals surface area contributed by atoms with Gasteiger partial charge in [0.15, 0.2) is 6.54 Å². The quantitative estimate of drug-likeness (QED) is 0.0429. The highest BCUT2D eigenvalue weighted by Gasteiger charge is 2.43. The van der Waals surface area contributed by atoms with Gasteiger partial charge in [-0.25, -0.2) is 4.79 Å². The van der Waals surface area contributed by atoms with Crippen LogP contribution in [0.4, 0.5) is 5.69 Å². The van der Waals surface area contributed by atoms with Crippen LogP contribution in [0.15, 0.2) is 71.3 Å². The van der Waals surface area contributed by atoms with Crippen molar-refractivity contribution >= 4 is 81.5 Å². The zero-order valence-electron chi connectivity index (χ0n) is 31.9. The summed E-state index contributed by atoms with van der Waals surface area (Å²) in [6.45, 7) is 4.34. The molecule has 2 aromatic carbocycles. The lowest BCUT2D eigenvalue weighted by molar-refractivity contribution is -0.668. The summed E-state index contributed by atoms with van der Waals surface area (Å²) in [4.78, 5) is 42.5. The van der Waals surface area contributed by atoms with E-state index in [4.69, 9.17) is 4.84 Å². The largest absolute Gasteiger partial charge is 0.344 e. The predicted octanol–water partition coefficient (Wildman–Crippen LogP) is 5.72. The summed E-state index contributed by atoms with van der Waals surface area (Å²) < 4.78 is 102. The number of unbranched alkanes of at least 4 members (excludes halogenated alkanes) is 2. The Balaban J connectivity index is 0.00000769. The van der Waals surface area contributed by atoms with Gasteiger partial charge in [0.1, 0.15) is 4.70 Å². The molecule has 322 valence electrons. The molecule has 20 heteroatoms. The number of allylic oxidation sites excluding steroid dienone is 5. The van der Waals surface area contributed by atoms with Crippen LogP contribution in [0, 0.1) is 6.92 Å². The number of hydroxylamine groups is 2. The van der Waals surface area contributed by atoms with Crippen LogP contribution in [0.25, 0.3) is 16.3 Å². The molecule has 0 bridgehead atoms. The van der Waals surface area contributed by atoms with Crippen LogP contribution < -0.4 is 9.47 Å². The third-order valence-electron chi connectivity index (χ3n) is 9.93. The van der Waals surface area contributed by atoms with Crippen LogP contribution >= 0.6 is 11.3 Å². The van der Waals surface area contributed by atoms with Gasteiger partial charge in [0, 0.05) is 61.2 Å². The van der Waals surface area contributed by atoms with Gasteiger partial charge in [-0.1, -0.05) is 55.9 Å². The van der Waals surface area contributed by atoms with E-state index in [0.29, 0.717) is 54.2 Å². The minimum Gasteiger partial charge on any atom is -0.344 e. The number of thiazole rings is 1. The highest BCUT2D eigenvalue weighted by molar-refractivity contribution is 7.86. The van der Waals surface area contributed by atoms with Crippen LogP contribution in [0.2, 0.25) is 0 Å². The van der Waals surface area contributed by atoms with Crippen molar-refractivity contribution in [3.63, 3.8) is 0 Å². The minimum absolute atomic E-state index is 0. The number of rotatable bonds is 19. The minimum atomic E-state index is -4.60. The normalized spacial score (nSPS) is 18.2. The summed E-state index contributed by atoms with van der Waals surface area (Å²) in [5.74, 6) is -2.78. The first-order valence-electron chi connectivity index (χ1n) is 18.5. The molecule has 0 saturated carbocycles. The zero-order chi connectivity index (χ0) is 42.5. The van der Waals surface area contributed by atoms with Crippen molar-refractivity contribution in [2.24, 2.45) is 0 Å². The van der Waals surface area contributed by atoms with Gasteiger partial charge in [-0.3, -0.25) is 23.2 Å². The monoisotopic (exact) mass is 896 g/mol. The summed E-state index contributed by atoms with van der Waals surface area (Å²) in [7, 11) is -13.0. The van der Waals surface area contributed by atoms with Gasteiger partial charge in [0.2, 0.25) is 5.52 Å². The number of nitrogens with zero attached hydrogens (tertiary/aromatic N) is 3. The third kappa shape index (κ3) is 12.4. The number of carbonyl (C=O) groups excluding carboxylic acids is 3. The van der Waals surface area contributed by atoms with Gasteiger partial charge < -0.3 is 9.74 Å². The van der Waals surface area contributed by atoms with Crippen molar-refractivity contribution in [3.8, 4) is 0 Å². The molecule has 0 spiro atoms. The Morgan fingerprint density at radius 1 is 0.881 bits per heavy atom. The van der Waals surface area contributed by atoms with Crippen molar-refractivity contribution in [2.45, 2.75) is 95.9 Å². The molecule has 59 heavy (non-hydrogen) atoms. The first-order valence-corrected chi connectivity index (χ1v) is 24.0. The van der Waals surface area contributed by atoms with E-state index in [9.17, 15) is 53.3 Å². The van der Waals surface area contributed by atoms with Gasteiger partial charge in [0.25, 0.3) is 47.2 Å². The Bertz CT molecular complexity index is 2490. The number of imide groups is 1. The molecule has 1 unspecified atom stereocenters. The SMILES string of the molecule is C.Cc1ccc2c(c1)sc(/C=C/C=C/C=C1\N(CCCS(=O)(=O)O)c3ccc(S(=O)(=O)O)cc3C1(C)CCCCCC(=O)ON1C(=O)CCC1=O)[n+]2CCCS(=O)(=O)O. The molecule has 5 rings (SSSR count). The Morgan fingerprint density at radius 2 is 1.56 bits per heavy atom. The lowest BCUT2D eigenvalue weighted by Crippen LogP contribution is -2.35. The van der Waals surface area contributed by atoms with Crippen LogP contribution in [0.3, 0.4) is 0 Å². The van der Waals surface area contributed by atoms with Crippen LogP contribution in [0.5, 0.6) is 0 Å². The summed E-state index contributed by atoms with van der Waals surface area (Å²) in [5, 5.41) is 1.33. The average molecular weight is 897 g/mol. The van der Waals surface area contributed by atoms with Crippen LogP contribution in [-0.4, -0.2) is 79.8 Å². The molecule has 3 heterocycles. The molecule has 2 aliphatic rings. The van der Waals surface area contributed by atoms with Gasteiger partial charge in [-0.05, 0) is 74.6 Å². The van der Waals surface area contributed by atoms with E-state index in [2.05, 4.69) is 0 Å². The highest BCUT2D eigenvalue weighted by Crippen LogP contribution is 2.51.